The highest BCUT2D eigenvalue weighted by Gasteiger charge is 2.28. The molecule has 0 aromatic rings. The highest BCUT2D eigenvalue weighted by Crippen LogP contribution is 2.31. The Kier molecular flexibility index (Phi) is 6.65. The van der Waals surface area contributed by atoms with E-state index in [-0.39, 0.29) is 12.0 Å². The van der Waals surface area contributed by atoms with Gasteiger partial charge in [-0.3, -0.25) is 9.69 Å². The van der Waals surface area contributed by atoms with E-state index in [0.717, 1.165) is 24.7 Å². The number of amides is 1. The first-order valence-corrected chi connectivity index (χ1v) is 8.94. The number of nitrogens with zero attached hydrogens (tertiary/aromatic N) is 1. The van der Waals surface area contributed by atoms with Crippen LogP contribution in [0.5, 0.6) is 0 Å². The lowest BCUT2D eigenvalue weighted by Gasteiger charge is -2.24. The van der Waals surface area contributed by atoms with Crippen LogP contribution in [0.4, 0.5) is 0 Å². The van der Waals surface area contributed by atoms with E-state index in [1.807, 2.05) is 0 Å². The van der Waals surface area contributed by atoms with Gasteiger partial charge >= 0.3 is 0 Å². The first kappa shape index (κ1) is 16.1. The first-order chi connectivity index (χ1) is 9.69. The molecule has 3 unspecified atom stereocenters. The molecule has 4 nitrogen and oxygen atoms in total. The number of hydrogen-bond acceptors (Lipinski definition) is 4. The van der Waals surface area contributed by atoms with Gasteiger partial charge in [0, 0.05) is 24.4 Å². The summed E-state index contributed by atoms with van der Waals surface area (Å²) in [5, 5.41) is 3.80. The molecule has 3 atom stereocenters. The van der Waals surface area contributed by atoms with Crippen molar-refractivity contribution in [2.75, 3.05) is 32.5 Å². The van der Waals surface area contributed by atoms with E-state index in [9.17, 15) is 4.79 Å². The molecule has 0 spiro atoms. The number of likely N-dealkylation sites (N-methyl/N-ethyl adjacent to an activating group) is 1. The predicted octanol–water partition coefficient (Wildman–Crippen LogP) is 1.89. The summed E-state index contributed by atoms with van der Waals surface area (Å²) >= 11 is 2.06. The summed E-state index contributed by atoms with van der Waals surface area (Å²) in [7, 11) is 2.08. The highest BCUT2D eigenvalue weighted by molar-refractivity contribution is 7.99. The third kappa shape index (κ3) is 4.93. The monoisotopic (exact) mass is 300 g/mol. The molecule has 116 valence electrons. The van der Waals surface area contributed by atoms with E-state index < -0.39 is 0 Å². The van der Waals surface area contributed by atoms with Gasteiger partial charge in [-0.15, -0.1) is 0 Å². The Bertz CT molecular complexity index is 308. The Morgan fingerprint density at radius 2 is 2.25 bits per heavy atom. The predicted molar refractivity (Wildman–Crippen MR) is 84.2 cm³/mol. The number of hydrogen-bond donors (Lipinski definition) is 1. The smallest absolute Gasteiger partial charge is 0.234 e. The van der Waals surface area contributed by atoms with Crippen LogP contribution in [0, 0.1) is 0 Å². The molecule has 2 rings (SSSR count). The number of rotatable bonds is 7. The Hall–Kier alpha value is -0.260. The van der Waals surface area contributed by atoms with Crippen LogP contribution in [-0.4, -0.2) is 60.7 Å². The normalized spacial score (nSPS) is 30.1. The molecule has 1 aliphatic carbocycles. The van der Waals surface area contributed by atoms with Gasteiger partial charge in [0.1, 0.15) is 0 Å². The van der Waals surface area contributed by atoms with Crippen molar-refractivity contribution in [1.82, 2.24) is 10.2 Å². The molecule has 1 saturated heterocycles. The van der Waals surface area contributed by atoms with Crippen LogP contribution in [0.25, 0.3) is 0 Å². The molecule has 0 radical (unpaired) electrons. The number of ether oxygens (including phenoxy) is 1. The second-order valence-corrected chi connectivity index (χ2v) is 7.48. The minimum atomic E-state index is 0.134. The summed E-state index contributed by atoms with van der Waals surface area (Å²) in [6, 6.07) is 0.576. The third-order valence-corrected chi connectivity index (χ3v) is 5.56. The average molecular weight is 300 g/mol. The van der Waals surface area contributed by atoms with Crippen molar-refractivity contribution in [3.63, 3.8) is 0 Å². The molecule has 0 bridgehead atoms. The maximum Gasteiger partial charge on any atom is 0.234 e. The summed E-state index contributed by atoms with van der Waals surface area (Å²) in [5.74, 6) is 1.33. The van der Waals surface area contributed by atoms with Gasteiger partial charge in [0.15, 0.2) is 0 Å². The van der Waals surface area contributed by atoms with Gasteiger partial charge in [-0.2, -0.15) is 11.8 Å². The van der Waals surface area contributed by atoms with Crippen molar-refractivity contribution in [3.05, 3.63) is 0 Å². The Morgan fingerprint density at radius 1 is 1.40 bits per heavy atom. The Labute approximate surface area is 127 Å². The summed E-state index contributed by atoms with van der Waals surface area (Å²) in [6.45, 7) is 4.26. The highest BCUT2D eigenvalue weighted by atomic mass is 32.2. The molecule has 2 aliphatic rings. The van der Waals surface area contributed by atoms with Crippen LogP contribution >= 0.6 is 11.8 Å². The fourth-order valence-electron chi connectivity index (χ4n) is 3.15. The van der Waals surface area contributed by atoms with Crippen molar-refractivity contribution in [2.45, 2.75) is 56.4 Å². The van der Waals surface area contributed by atoms with Crippen LogP contribution in [0.15, 0.2) is 0 Å². The molecular formula is C15H28N2O2S. The first-order valence-electron chi connectivity index (χ1n) is 7.89. The second-order valence-electron chi connectivity index (χ2n) is 5.90. The van der Waals surface area contributed by atoms with E-state index in [0.29, 0.717) is 19.1 Å². The van der Waals surface area contributed by atoms with E-state index in [4.69, 9.17) is 4.74 Å². The summed E-state index contributed by atoms with van der Waals surface area (Å²) in [6.07, 6.45) is 6.20. The lowest BCUT2D eigenvalue weighted by molar-refractivity contribution is -0.122. The maximum atomic E-state index is 12.0. The van der Waals surface area contributed by atoms with Gasteiger partial charge in [-0.05, 0) is 44.9 Å². The minimum absolute atomic E-state index is 0.134. The summed E-state index contributed by atoms with van der Waals surface area (Å²) in [5.41, 5.74) is 0. The third-order valence-electron chi connectivity index (χ3n) is 4.33. The van der Waals surface area contributed by atoms with Gasteiger partial charge in [0.2, 0.25) is 5.91 Å². The summed E-state index contributed by atoms with van der Waals surface area (Å²) < 4.78 is 5.52. The van der Waals surface area contributed by atoms with Crippen molar-refractivity contribution >= 4 is 17.7 Å². The van der Waals surface area contributed by atoms with Gasteiger partial charge in [-0.25, -0.2) is 0 Å². The fourth-order valence-corrected chi connectivity index (χ4v) is 4.28. The van der Waals surface area contributed by atoms with E-state index in [2.05, 4.69) is 35.9 Å². The van der Waals surface area contributed by atoms with Gasteiger partial charge in [-0.1, -0.05) is 6.92 Å². The van der Waals surface area contributed by atoms with Crippen molar-refractivity contribution in [2.24, 2.45) is 0 Å². The van der Waals surface area contributed by atoms with Gasteiger partial charge in [0.05, 0.1) is 12.6 Å². The van der Waals surface area contributed by atoms with Crippen molar-refractivity contribution in [3.8, 4) is 0 Å². The second kappa shape index (κ2) is 8.25. The molecule has 20 heavy (non-hydrogen) atoms. The number of thioether (sulfide) groups is 1. The minimum Gasteiger partial charge on any atom is -0.376 e. The molecule has 2 fully saturated rings. The molecule has 1 amide bonds. The molecule has 0 aromatic heterocycles. The van der Waals surface area contributed by atoms with Crippen molar-refractivity contribution < 1.29 is 9.53 Å². The Morgan fingerprint density at radius 3 is 2.95 bits per heavy atom. The average Bonchev–Trinajstić information content (AvgIpc) is 3.08. The van der Waals surface area contributed by atoms with Gasteiger partial charge in [0.25, 0.3) is 0 Å². The molecule has 5 heteroatoms. The number of nitrogens with one attached hydrogen (secondary N) is 1. The summed E-state index contributed by atoms with van der Waals surface area (Å²) in [4.78, 5) is 14.2. The zero-order valence-corrected chi connectivity index (χ0v) is 13.6. The van der Waals surface area contributed by atoms with Crippen molar-refractivity contribution in [1.29, 1.82) is 0 Å². The number of carbonyl (C=O) groups is 1. The lowest BCUT2D eigenvalue weighted by atomic mass is 10.2. The SMILES string of the molecule is CCSC1CCC(N(C)CC(=O)NCC2CCCO2)C1. The van der Waals surface area contributed by atoms with Gasteiger partial charge < -0.3 is 10.1 Å². The maximum absolute atomic E-state index is 12.0. The molecule has 1 aliphatic heterocycles. The molecule has 1 saturated carbocycles. The zero-order valence-electron chi connectivity index (χ0n) is 12.8. The quantitative estimate of drug-likeness (QED) is 0.779. The molecule has 1 heterocycles. The largest absolute Gasteiger partial charge is 0.376 e. The van der Waals surface area contributed by atoms with Crippen LogP contribution in [0.1, 0.15) is 39.0 Å². The molecular weight excluding hydrogens is 272 g/mol. The molecule has 0 aromatic carbocycles. The topological polar surface area (TPSA) is 41.6 Å². The van der Waals surface area contributed by atoms with Crippen LogP contribution in [-0.2, 0) is 9.53 Å². The Balaban J connectivity index is 1.63. The standard InChI is InChI=1S/C15H28N2O2S/c1-3-20-14-7-6-12(9-14)17(2)11-15(18)16-10-13-5-4-8-19-13/h12-14H,3-11H2,1-2H3,(H,16,18). The van der Waals surface area contributed by atoms with Crippen LogP contribution in [0.2, 0.25) is 0 Å². The van der Waals surface area contributed by atoms with Crippen LogP contribution < -0.4 is 5.32 Å². The van der Waals surface area contributed by atoms with E-state index in [1.165, 1.54) is 25.0 Å². The number of carbonyl (C=O) groups excluding carboxylic acids is 1. The van der Waals surface area contributed by atoms with Crippen LogP contribution in [0.3, 0.4) is 0 Å². The van der Waals surface area contributed by atoms with E-state index >= 15 is 0 Å². The van der Waals surface area contributed by atoms with E-state index in [1.54, 1.807) is 0 Å². The lowest BCUT2D eigenvalue weighted by Crippen LogP contribution is -2.41. The fraction of sp³-hybridized carbons (Fsp3) is 0.933. The molecule has 1 N–H and O–H groups in total. The zero-order chi connectivity index (χ0) is 14.4.